The summed E-state index contributed by atoms with van der Waals surface area (Å²) in [6.45, 7) is 18.7. The van der Waals surface area contributed by atoms with Gasteiger partial charge in [0.15, 0.2) is 6.61 Å². The Labute approximate surface area is 295 Å². The molecule has 1 N–H and O–H groups in total. The minimum atomic E-state index is -0.996. The van der Waals surface area contributed by atoms with E-state index in [4.69, 9.17) is 26.2 Å². The van der Waals surface area contributed by atoms with E-state index in [1.165, 1.54) is 11.1 Å². The summed E-state index contributed by atoms with van der Waals surface area (Å²) < 4.78 is 10.7. The third kappa shape index (κ3) is 11.7. The Kier molecular flexibility index (Phi) is 16.5. The summed E-state index contributed by atoms with van der Waals surface area (Å²) in [6.07, 6.45) is 9.78. The molecule has 9 nitrogen and oxygen atoms in total. The molecule has 0 radical (unpaired) electrons. The molecule has 11 heteroatoms. The van der Waals surface area contributed by atoms with Crippen LogP contribution in [0.5, 0.6) is 5.75 Å². The first-order chi connectivity index (χ1) is 23.2. The zero-order valence-corrected chi connectivity index (χ0v) is 30.3. The van der Waals surface area contributed by atoms with E-state index >= 15 is 0 Å². The van der Waals surface area contributed by atoms with Crippen LogP contribution in [-0.2, 0) is 16.1 Å². The van der Waals surface area contributed by atoms with Crippen molar-refractivity contribution in [3.63, 3.8) is 0 Å². The lowest BCUT2D eigenvalue weighted by Crippen LogP contribution is -2.50. The van der Waals surface area contributed by atoms with Gasteiger partial charge in [0.1, 0.15) is 10.8 Å². The number of benzene rings is 1. The Balaban J connectivity index is 0.000000818. The fourth-order valence-electron chi connectivity index (χ4n) is 5.95. The summed E-state index contributed by atoms with van der Waals surface area (Å²) >= 11 is 6.88. The minimum Gasteiger partial charge on any atom is -0.482 e. The molecular weight excluding hydrogens is 648 g/mol. The maximum absolute atomic E-state index is 13.7. The number of urea groups is 1. The molecule has 4 heterocycles. The van der Waals surface area contributed by atoms with Crippen molar-refractivity contribution in [2.24, 2.45) is 0 Å². The summed E-state index contributed by atoms with van der Waals surface area (Å²) in [5, 5.41) is 10.5. The summed E-state index contributed by atoms with van der Waals surface area (Å²) in [5.41, 5.74) is 2.46. The van der Waals surface area contributed by atoms with Crippen molar-refractivity contribution in [1.82, 2.24) is 19.7 Å². The number of ether oxygens (including phenoxy) is 2. The maximum Gasteiger partial charge on any atom is 0.341 e. The van der Waals surface area contributed by atoms with Crippen molar-refractivity contribution in [2.45, 2.75) is 88.0 Å². The van der Waals surface area contributed by atoms with Crippen LogP contribution in [0.4, 0.5) is 4.79 Å². The molecule has 262 valence electrons. The number of carboxylic acids is 1. The number of nitrogens with zero attached hydrogens (tertiary/aromatic N) is 4. The van der Waals surface area contributed by atoms with Crippen LogP contribution in [0.3, 0.4) is 0 Å². The van der Waals surface area contributed by atoms with Crippen LogP contribution in [0.15, 0.2) is 88.4 Å². The quantitative estimate of drug-likeness (QED) is 0.251. The Hall–Kier alpha value is -3.31. The molecule has 1 unspecified atom stereocenters. The van der Waals surface area contributed by atoms with E-state index < -0.39 is 5.97 Å². The van der Waals surface area contributed by atoms with E-state index in [0.29, 0.717) is 11.8 Å². The molecule has 0 spiro atoms. The second kappa shape index (κ2) is 20.3. The van der Waals surface area contributed by atoms with Crippen LogP contribution in [0.1, 0.15) is 58.9 Å². The normalized spacial score (nSPS) is 19.7. The first-order valence-electron chi connectivity index (χ1n) is 16.6. The van der Waals surface area contributed by atoms with Crippen molar-refractivity contribution < 1.29 is 24.2 Å². The lowest BCUT2D eigenvalue weighted by molar-refractivity contribution is -0.139. The van der Waals surface area contributed by atoms with Crippen LogP contribution in [0.2, 0.25) is 0 Å². The number of carbonyl (C=O) groups excluding carboxylic acids is 1. The van der Waals surface area contributed by atoms with E-state index in [1.807, 2.05) is 44.3 Å². The van der Waals surface area contributed by atoms with Gasteiger partial charge in [-0.25, -0.2) is 14.6 Å². The van der Waals surface area contributed by atoms with E-state index in [9.17, 15) is 9.59 Å². The number of allylic oxidation sites excluding steroid dienone is 3. The number of aromatic nitrogens is 1. The van der Waals surface area contributed by atoms with E-state index in [0.717, 1.165) is 80.0 Å². The van der Waals surface area contributed by atoms with Crippen LogP contribution in [0.25, 0.3) is 0 Å². The number of amides is 2. The van der Waals surface area contributed by atoms with Gasteiger partial charge in [-0.15, -0.1) is 13.2 Å². The van der Waals surface area contributed by atoms with Gasteiger partial charge in [-0.2, -0.15) is 0 Å². The fraction of sp³-hybridized carbons (Fsp3) is 0.486. The SMILES string of the molecule is C/C=C(\C)C1CN(C2CCOCC2)C(=O)N1C1CCN(Cc2ccc(Sc3ccc(OCC(=O)O)cc3)nc2)CC1.C/C=C(\C)Cl.C=C. The molecule has 3 fully saturated rings. The van der Waals surface area contributed by atoms with Gasteiger partial charge in [0, 0.05) is 67.6 Å². The number of piperidine rings is 1. The first-order valence-corrected chi connectivity index (χ1v) is 17.8. The average molecular weight is 699 g/mol. The van der Waals surface area contributed by atoms with E-state index in [1.54, 1.807) is 23.9 Å². The Morgan fingerprint density at radius 2 is 1.69 bits per heavy atom. The first kappa shape index (κ1) is 39.1. The predicted molar refractivity (Wildman–Crippen MR) is 194 cm³/mol. The monoisotopic (exact) mass is 698 g/mol. The molecule has 2 aromatic rings. The molecule has 48 heavy (non-hydrogen) atoms. The molecule has 1 aromatic carbocycles. The van der Waals surface area contributed by atoms with E-state index in [2.05, 4.69) is 58.8 Å². The predicted octanol–water partition coefficient (Wildman–Crippen LogP) is 7.86. The highest BCUT2D eigenvalue weighted by Gasteiger charge is 2.45. The number of halogens is 1. The molecular formula is C37H51ClN4O5S. The van der Waals surface area contributed by atoms with E-state index in [-0.39, 0.29) is 24.7 Å². The Bertz CT molecular complexity index is 1350. The Morgan fingerprint density at radius 1 is 1.04 bits per heavy atom. The summed E-state index contributed by atoms with van der Waals surface area (Å²) in [6, 6.07) is 12.4. The largest absolute Gasteiger partial charge is 0.482 e. The third-order valence-electron chi connectivity index (χ3n) is 8.75. The van der Waals surface area contributed by atoms with Crippen molar-refractivity contribution in [3.05, 3.63) is 84.1 Å². The molecule has 3 saturated heterocycles. The lowest BCUT2D eigenvalue weighted by Gasteiger charge is -2.39. The van der Waals surface area contributed by atoms with Crippen molar-refractivity contribution in [2.75, 3.05) is 39.5 Å². The van der Waals surface area contributed by atoms with Gasteiger partial charge in [0.2, 0.25) is 0 Å². The van der Waals surface area contributed by atoms with Gasteiger partial charge in [0.25, 0.3) is 0 Å². The van der Waals surface area contributed by atoms with Gasteiger partial charge >= 0.3 is 12.0 Å². The number of carbonyl (C=O) groups is 2. The zero-order valence-electron chi connectivity index (χ0n) is 28.8. The highest BCUT2D eigenvalue weighted by molar-refractivity contribution is 7.99. The van der Waals surface area contributed by atoms with Gasteiger partial charge in [0.05, 0.1) is 6.04 Å². The standard InChI is InChI=1S/C31H40N4O5S.C4H7Cl.C2H4/c1-3-22(2)28-20-34(24-12-16-39-17-13-24)31(38)35(28)25-10-14-33(15-11-25)19-23-4-9-29(32-18-23)41-27-7-5-26(6-8-27)40-21-30(36)37;1-3-4(2)5;1-2/h3-9,18,24-25,28H,10-17,19-21H2,1-2H3,(H,36,37);3H,1-2H3;1-2H2/b22-3+;4-3+;. The number of pyridine rings is 1. The number of carboxylic acid groups (broad SMARTS) is 1. The van der Waals surface area contributed by atoms with Gasteiger partial charge in [-0.05, 0) is 89.3 Å². The van der Waals surface area contributed by atoms with Crippen molar-refractivity contribution >= 4 is 35.4 Å². The second-order valence-corrected chi connectivity index (χ2v) is 13.6. The molecule has 2 amide bonds. The zero-order chi connectivity index (χ0) is 35.1. The molecule has 1 atom stereocenters. The lowest BCUT2D eigenvalue weighted by atomic mass is 9.99. The molecule has 5 rings (SSSR count). The minimum absolute atomic E-state index is 0.162. The van der Waals surface area contributed by atoms with Crippen LogP contribution < -0.4 is 4.74 Å². The topological polar surface area (TPSA) is 95.4 Å². The van der Waals surface area contributed by atoms with Crippen LogP contribution in [-0.4, -0.2) is 94.4 Å². The average Bonchev–Trinajstić information content (AvgIpc) is 3.47. The molecule has 0 aliphatic carbocycles. The van der Waals surface area contributed by atoms with Gasteiger partial charge in [-0.3, -0.25) is 4.90 Å². The number of rotatable bonds is 10. The maximum atomic E-state index is 13.7. The van der Waals surface area contributed by atoms with Crippen LogP contribution >= 0.6 is 23.4 Å². The molecule has 0 bridgehead atoms. The third-order valence-corrected chi connectivity index (χ3v) is 9.92. The summed E-state index contributed by atoms with van der Waals surface area (Å²) in [7, 11) is 0. The number of hydrogen-bond donors (Lipinski definition) is 1. The molecule has 0 saturated carbocycles. The fourth-order valence-corrected chi connectivity index (χ4v) is 6.71. The summed E-state index contributed by atoms with van der Waals surface area (Å²) in [4.78, 5) is 36.8. The molecule has 3 aliphatic rings. The van der Waals surface area contributed by atoms with Gasteiger partial charge in [-0.1, -0.05) is 47.2 Å². The molecule has 1 aromatic heterocycles. The number of likely N-dealkylation sites (tertiary alicyclic amines) is 1. The smallest absolute Gasteiger partial charge is 0.341 e. The number of hydrogen-bond acceptors (Lipinski definition) is 7. The Morgan fingerprint density at radius 3 is 2.23 bits per heavy atom. The summed E-state index contributed by atoms with van der Waals surface area (Å²) in [5.74, 6) is -0.466. The van der Waals surface area contributed by atoms with Crippen LogP contribution in [0, 0.1) is 0 Å². The van der Waals surface area contributed by atoms with Crippen molar-refractivity contribution in [1.29, 1.82) is 0 Å². The van der Waals surface area contributed by atoms with Crippen molar-refractivity contribution in [3.8, 4) is 5.75 Å². The highest BCUT2D eigenvalue weighted by atomic mass is 35.5. The highest BCUT2D eigenvalue weighted by Crippen LogP contribution is 2.33. The molecule has 3 aliphatic heterocycles. The number of aliphatic carboxylic acids is 1. The van der Waals surface area contributed by atoms with Gasteiger partial charge < -0.3 is 24.4 Å². The second-order valence-electron chi connectivity index (χ2n) is 11.9.